The minimum atomic E-state index is -0.402. The van der Waals surface area contributed by atoms with Crippen LogP contribution in [-0.4, -0.2) is 21.7 Å². The quantitative estimate of drug-likeness (QED) is 0.690. The first-order valence-corrected chi connectivity index (χ1v) is 9.72. The van der Waals surface area contributed by atoms with Crippen LogP contribution in [-0.2, 0) is 6.54 Å². The van der Waals surface area contributed by atoms with Crippen molar-refractivity contribution in [2.75, 3.05) is 11.6 Å². The lowest BCUT2D eigenvalue weighted by atomic mass is 10.1. The molecule has 0 bridgehead atoms. The Kier molecular flexibility index (Phi) is 5.42. The summed E-state index contributed by atoms with van der Waals surface area (Å²) in [5, 5.41) is 3.30. The number of hydrogen-bond acceptors (Lipinski definition) is 4. The van der Waals surface area contributed by atoms with Crippen LogP contribution in [0.5, 0.6) is 0 Å². The number of aryl methyl sites for hydroxylation is 2. The SMILES string of the molecule is CCCn1cc(C(=O)Nc2cccc(SC)c2)c(=O)c2ccc(C)nc21. The van der Waals surface area contributed by atoms with Crippen LogP contribution in [0.15, 0.2) is 52.3 Å². The Morgan fingerprint density at radius 1 is 1.27 bits per heavy atom. The topological polar surface area (TPSA) is 64.0 Å². The van der Waals surface area contributed by atoms with E-state index in [1.807, 2.05) is 48.9 Å². The fraction of sp³-hybridized carbons (Fsp3) is 0.250. The average molecular weight is 367 g/mol. The summed E-state index contributed by atoms with van der Waals surface area (Å²) in [5.74, 6) is -0.402. The van der Waals surface area contributed by atoms with Gasteiger partial charge in [0.05, 0.1) is 5.39 Å². The molecule has 1 aromatic carbocycles. The maximum Gasteiger partial charge on any atom is 0.261 e. The van der Waals surface area contributed by atoms with E-state index in [-0.39, 0.29) is 11.0 Å². The van der Waals surface area contributed by atoms with Gasteiger partial charge in [-0.15, -0.1) is 11.8 Å². The van der Waals surface area contributed by atoms with Gasteiger partial charge in [0.15, 0.2) is 0 Å². The number of pyridine rings is 2. The normalized spacial score (nSPS) is 10.9. The van der Waals surface area contributed by atoms with Crippen LogP contribution in [0.2, 0.25) is 0 Å². The Hall–Kier alpha value is -2.60. The van der Waals surface area contributed by atoms with Crippen molar-refractivity contribution >= 4 is 34.4 Å². The summed E-state index contributed by atoms with van der Waals surface area (Å²) in [4.78, 5) is 31.1. The molecule has 2 aromatic heterocycles. The first-order chi connectivity index (χ1) is 12.5. The van der Waals surface area contributed by atoms with Crippen molar-refractivity contribution in [1.29, 1.82) is 0 Å². The van der Waals surface area contributed by atoms with E-state index in [1.54, 1.807) is 30.1 Å². The summed E-state index contributed by atoms with van der Waals surface area (Å²) >= 11 is 1.60. The number of carbonyl (C=O) groups excluding carboxylic acids is 1. The van der Waals surface area contributed by atoms with Crippen molar-refractivity contribution in [2.24, 2.45) is 0 Å². The number of fused-ring (bicyclic) bond motifs is 1. The van der Waals surface area contributed by atoms with Crippen LogP contribution >= 0.6 is 11.8 Å². The lowest BCUT2D eigenvalue weighted by molar-refractivity contribution is 0.102. The Bertz CT molecular complexity index is 1030. The van der Waals surface area contributed by atoms with Crippen LogP contribution in [0.3, 0.4) is 0 Å². The summed E-state index contributed by atoms with van der Waals surface area (Å²) < 4.78 is 1.89. The number of thioether (sulfide) groups is 1. The van der Waals surface area contributed by atoms with Crippen LogP contribution in [0.25, 0.3) is 11.0 Å². The second-order valence-electron chi connectivity index (χ2n) is 6.08. The predicted octanol–water partition coefficient (Wildman–Crippen LogP) is 4.09. The van der Waals surface area contributed by atoms with Gasteiger partial charge in [0.1, 0.15) is 11.2 Å². The van der Waals surface area contributed by atoms with Crippen LogP contribution < -0.4 is 10.7 Å². The van der Waals surface area contributed by atoms with E-state index < -0.39 is 5.91 Å². The molecule has 0 atom stereocenters. The fourth-order valence-electron chi connectivity index (χ4n) is 2.83. The number of nitrogens with one attached hydrogen (secondary N) is 1. The van der Waals surface area contributed by atoms with Gasteiger partial charge >= 0.3 is 0 Å². The molecule has 0 aliphatic heterocycles. The number of amides is 1. The summed E-state index contributed by atoms with van der Waals surface area (Å²) in [7, 11) is 0. The molecular formula is C20H21N3O2S. The van der Waals surface area contributed by atoms with Gasteiger partial charge in [-0.05, 0) is 49.9 Å². The molecule has 0 radical (unpaired) electrons. The molecule has 0 unspecified atom stereocenters. The molecule has 0 fully saturated rings. The third-order valence-corrected chi connectivity index (χ3v) is 4.82. The third-order valence-electron chi connectivity index (χ3n) is 4.10. The highest BCUT2D eigenvalue weighted by Crippen LogP contribution is 2.19. The minimum absolute atomic E-state index is 0.131. The zero-order valence-electron chi connectivity index (χ0n) is 15.1. The zero-order valence-corrected chi connectivity index (χ0v) is 15.9. The van der Waals surface area contributed by atoms with Gasteiger partial charge < -0.3 is 9.88 Å². The van der Waals surface area contributed by atoms with E-state index in [0.717, 1.165) is 17.0 Å². The van der Waals surface area contributed by atoms with Crippen molar-refractivity contribution in [3.63, 3.8) is 0 Å². The molecule has 5 nitrogen and oxygen atoms in total. The van der Waals surface area contributed by atoms with Crippen LogP contribution in [0, 0.1) is 6.92 Å². The number of aromatic nitrogens is 2. The van der Waals surface area contributed by atoms with Crippen LogP contribution in [0.1, 0.15) is 29.4 Å². The summed E-state index contributed by atoms with van der Waals surface area (Å²) in [5.41, 5.74) is 1.97. The number of rotatable bonds is 5. The first kappa shape index (κ1) is 18.2. The number of carbonyl (C=O) groups is 1. The molecule has 6 heteroatoms. The summed E-state index contributed by atoms with van der Waals surface area (Å²) in [6.07, 6.45) is 4.47. The van der Waals surface area contributed by atoms with Gasteiger partial charge in [-0.1, -0.05) is 13.0 Å². The molecule has 134 valence electrons. The lowest BCUT2D eigenvalue weighted by Crippen LogP contribution is -2.24. The molecule has 0 saturated heterocycles. The van der Waals surface area contributed by atoms with E-state index in [9.17, 15) is 9.59 Å². The second kappa shape index (κ2) is 7.74. The number of nitrogens with zero attached hydrogens (tertiary/aromatic N) is 2. The first-order valence-electron chi connectivity index (χ1n) is 8.49. The van der Waals surface area contributed by atoms with Gasteiger partial charge in [-0.25, -0.2) is 4.98 Å². The Balaban J connectivity index is 2.06. The molecule has 26 heavy (non-hydrogen) atoms. The monoisotopic (exact) mass is 367 g/mol. The largest absolute Gasteiger partial charge is 0.331 e. The van der Waals surface area contributed by atoms with Crippen molar-refractivity contribution in [3.8, 4) is 0 Å². The maximum absolute atomic E-state index is 12.8. The Morgan fingerprint density at radius 3 is 2.81 bits per heavy atom. The molecular weight excluding hydrogens is 346 g/mol. The van der Waals surface area contributed by atoms with Gasteiger partial charge in [0.25, 0.3) is 5.91 Å². The fourth-order valence-corrected chi connectivity index (χ4v) is 3.29. The molecule has 3 aromatic rings. The van der Waals surface area contributed by atoms with Crippen molar-refractivity contribution < 1.29 is 4.79 Å². The minimum Gasteiger partial charge on any atom is -0.331 e. The molecule has 3 rings (SSSR count). The average Bonchev–Trinajstić information content (AvgIpc) is 2.64. The van der Waals surface area contributed by atoms with E-state index >= 15 is 0 Å². The standard InChI is InChI=1S/C20H21N3O2S/c1-4-10-23-12-17(18(24)16-9-8-13(2)21-19(16)23)20(25)22-14-6-5-7-15(11-14)26-3/h5-9,11-12H,4,10H2,1-3H3,(H,22,25). The molecule has 0 saturated carbocycles. The van der Waals surface area contributed by atoms with E-state index in [4.69, 9.17) is 0 Å². The number of hydrogen-bond donors (Lipinski definition) is 1. The van der Waals surface area contributed by atoms with Crippen molar-refractivity contribution in [1.82, 2.24) is 9.55 Å². The predicted molar refractivity (Wildman–Crippen MR) is 107 cm³/mol. The van der Waals surface area contributed by atoms with Gasteiger partial charge in [0.2, 0.25) is 5.43 Å². The van der Waals surface area contributed by atoms with Crippen molar-refractivity contribution in [2.45, 2.75) is 31.7 Å². The summed E-state index contributed by atoms with van der Waals surface area (Å²) in [6, 6.07) is 11.1. The Labute approximate surface area is 156 Å². The van der Waals surface area contributed by atoms with Gasteiger partial charge in [-0.3, -0.25) is 9.59 Å². The van der Waals surface area contributed by atoms with E-state index in [2.05, 4.69) is 10.3 Å². The third kappa shape index (κ3) is 3.65. The zero-order chi connectivity index (χ0) is 18.7. The molecule has 0 aliphatic carbocycles. The van der Waals surface area contributed by atoms with E-state index in [0.29, 0.717) is 23.3 Å². The molecule has 0 aliphatic rings. The molecule has 1 N–H and O–H groups in total. The molecule has 2 heterocycles. The number of anilines is 1. The van der Waals surface area contributed by atoms with Crippen molar-refractivity contribution in [3.05, 3.63) is 64.1 Å². The van der Waals surface area contributed by atoms with Gasteiger partial charge in [0, 0.05) is 29.0 Å². The highest BCUT2D eigenvalue weighted by molar-refractivity contribution is 7.98. The van der Waals surface area contributed by atoms with E-state index in [1.165, 1.54) is 0 Å². The molecule has 1 amide bonds. The Morgan fingerprint density at radius 2 is 2.08 bits per heavy atom. The van der Waals surface area contributed by atoms with Gasteiger partial charge in [-0.2, -0.15) is 0 Å². The highest BCUT2D eigenvalue weighted by Gasteiger charge is 2.16. The lowest BCUT2D eigenvalue weighted by Gasteiger charge is -2.13. The van der Waals surface area contributed by atoms with Crippen LogP contribution in [0.4, 0.5) is 5.69 Å². The maximum atomic E-state index is 12.8. The number of benzene rings is 1. The summed E-state index contributed by atoms with van der Waals surface area (Å²) in [6.45, 7) is 4.63. The second-order valence-corrected chi connectivity index (χ2v) is 6.95. The highest BCUT2D eigenvalue weighted by atomic mass is 32.2. The molecule has 0 spiro atoms. The smallest absolute Gasteiger partial charge is 0.261 e.